The van der Waals surface area contributed by atoms with Crippen molar-refractivity contribution < 1.29 is 14.7 Å². The van der Waals surface area contributed by atoms with Crippen LogP contribution in [0.1, 0.15) is 30.5 Å². The number of nitrogens with one attached hydrogen (secondary N) is 2. The molecule has 1 unspecified atom stereocenters. The smallest absolute Gasteiger partial charge is 0.315 e. The number of urea groups is 1. The molecule has 3 N–H and O–H groups in total. The Morgan fingerprint density at radius 1 is 1.39 bits per heavy atom. The van der Waals surface area contributed by atoms with E-state index in [0.717, 1.165) is 11.1 Å². The highest BCUT2D eigenvalue weighted by Crippen LogP contribution is 2.13. The largest absolute Gasteiger partial charge is 0.481 e. The summed E-state index contributed by atoms with van der Waals surface area (Å²) in [6.07, 6.45) is -0.0771. The molecule has 0 saturated heterocycles. The van der Waals surface area contributed by atoms with Crippen LogP contribution >= 0.6 is 0 Å². The Balaban J connectivity index is 2.42. The van der Waals surface area contributed by atoms with Crippen molar-refractivity contribution in [1.82, 2.24) is 10.6 Å². The summed E-state index contributed by atoms with van der Waals surface area (Å²) in [4.78, 5) is 21.8. The fourth-order valence-electron chi connectivity index (χ4n) is 1.55. The second kappa shape index (κ2) is 6.64. The summed E-state index contributed by atoms with van der Waals surface area (Å²) < 4.78 is 0. The number of aliphatic carboxylic acids is 1. The molecule has 98 valence electrons. The van der Waals surface area contributed by atoms with Crippen molar-refractivity contribution in [2.45, 2.75) is 26.3 Å². The van der Waals surface area contributed by atoms with E-state index in [4.69, 9.17) is 5.11 Å². The van der Waals surface area contributed by atoms with E-state index in [1.807, 2.05) is 38.1 Å². The van der Waals surface area contributed by atoms with Crippen LogP contribution < -0.4 is 10.6 Å². The van der Waals surface area contributed by atoms with Crippen molar-refractivity contribution in [3.63, 3.8) is 0 Å². The number of hydrogen-bond acceptors (Lipinski definition) is 2. The predicted molar refractivity (Wildman–Crippen MR) is 68.4 cm³/mol. The maximum atomic E-state index is 11.5. The van der Waals surface area contributed by atoms with Crippen LogP contribution in [0.15, 0.2) is 24.3 Å². The molecule has 0 aromatic heterocycles. The highest BCUT2D eigenvalue weighted by molar-refractivity contribution is 5.75. The molecule has 18 heavy (non-hydrogen) atoms. The number of carboxylic acids is 1. The lowest BCUT2D eigenvalue weighted by Crippen LogP contribution is -2.38. The third-order valence-corrected chi connectivity index (χ3v) is 2.51. The molecular weight excluding hydrogens is 232 g/mol. The Morgan fingerprint density at radius 2 is 2.11 bits per heavy atom. The number of rotatable bonds is 5. The first-order valence-corrected chi connectivity index (χ1v) is 5.82. The van der Waals surface area contributed by atoms with Gasteiger partial charge in [0.1, 0.15) is 0 Å². The van der Waals surface area contributed by atoms with Gasteiger partial charge in [-0.2, -0.15) is 0 Å². The van der Waals surface area contributed by atoms with Gasteiger partial charge < -0.3 is 15.7 Å². The zero-order valence-electron chi connectivity index (χ0n) is 10.6. The molecule has 0 aliphatic carbocycles. The third kappa shape index (κ3) is 4.86. The van der Waals surface area contributed by atoms with Gasteiger partial charge in [0.2, 0.25) is 0 Å². The molecule has 0 saturated carbocycles. The summed E-state index contributed by atoms with van der Waals surface area (Å²) in [7, 11) is 0. The van der Waals surface area contributed by atoms with E-state index < -0.39 is 5.97 Å². The van der Waals surface area contributed by atoms with Crippen molar-refractivity contribution in [1.29, 1.82) is 0 Å². The molecular formula is C13H18N2O3. The highest BCUT2D eigenvalue weighted by atomic mass is 16.4. The van der Waals surface area contributed by atoms with E-state index in [-0.39, 0.29) is 25.0 Å². The van der Waals surface area contributed by atoms with Crippen molar-refractivity contribution in [3.05, 3.63) is 35.4 Å². The summed E-state index contributed by atoms with van der Waals surface area (Å²) in [6, 6.07) is 7.39. The summed E-state index contributed by atoms with van der Waals surface area (Å²) in [5, 5.41) is 13.7. The lowest BCUT2D eigenvalue weighted by Gasteiger charge is -2.15. The van der Waals surface area contributed by atoms with Crippen molar-refractivity contribution in [3.8, 4) is 0 Å². The minimum Gasteiger partial charge on any atom is -0.481 e. The van der Waals surface area contributed by atoms with Gasteiger partial charge in [0.05, 0.1) is 12.5 Å². The summed E-state index contributed by atoms with van der Waals surface area (Å²) >= 11 is 0. The molecule has 0 fully saturated rings. The van der Waals surface area contributed by atoms with Crippen LogP contribution in [0.3, 0.4) is 0 Å². The number of benzene rings is 1. The molecule has 0 bridgehead atoms. The summed E-state index contributed by atoms with van der Waals surface area (Å²) in [6.45, 7) is 4.00. The molecule has 0 aliphatic rings. The average Bonchev–Trinajstić information content (AvgIpc) is 2.28. The van der Waals surface area contributed by atoms with Gasteiger partial charge in [0.25, 0.3) is 0 Å². The number of carbonyl (C=O) groups is 2. The van der Waals surface area contributed by atoms with Gasteiger partial charge in [-0.15, -0.1) is 0 Å². The third-order valence-electron chi connectivity index (χ3n) is 2.51. The molecule has 0 radical (unpaired) electrons. The number of aryl methyl sites for hydroxylation is 1. The van der Waals surface area contributed by atoms with Crippen LogP contribution in [0.25, 0.3) is 0 Å². The van der Waals surface area contributed by atoms with Crippen LogP contribution in [-0.2, 0) is 4.79 Å². The van der Waals surface area contributed by atoms with E-state index in [9.17, 15) is 9.59 Å². The standard InChI is InChI=1S/C13H18N2O3/c1-9-4-3-5-11(8-9)10(2)15-13(18)14-7-6-12(16)17/h3-5,8,10H,6-7H2,1-2H3,(H,16,17)(H2,14,15,18). The van der Waals surface area contributed by atoms with Crippen molar-refractivity contribution >= 4 is 12.0 Å². The maximum Gasteiger partial charge on any atom is 0.315 e. The molecule has 2 amide bonds. The Hall–Kier alpha value is -2.04. The van der Waals surface area contributed by atoms with Crippen LogP contribution in [0.5, 0.6) is 0 Å². The molecule has 5 nitrogen and oxygen atoms in total. The van der Waals surface area contributed by atoms with Crippen molar-refractivity contribution in [2.75, 3.05) is 6.54 Å². The van der Waals surface area contributed by atoms with Gasteiger partial charge in [-0.25, -0.2) is 4.79 Å². The van der Waals surface area contributed by atoms with E-state index in [2.05, 4.69) is 10.6 Å². The van der Waals surface area contributed by atoms with E-state index in [1.54, 1.807) is 0 Å². The first-order valence-electron chi connectivity index (χ1n) is 5.82. The van der Waals surface area contributed by atoms with Gasteiger partial charge >= 0.3 is 12.0 Å². The Kier molecular flexibility index (Phi) is 5.17. The molecule has 1 aromatic rings. The lowest BCUT2D eigenvalue weighted by molar-refractivity contribution is -0.136. The normalized spacial score (nSPS) is 11.7. The molecule has 1 aromatic carbocycles. The summed E-state index contributed by atoms with van der Waals surface area (Å²) in [5.41, 5.74) is 2.15. The number of carbonyl (C=O) groups excluding carboxylic acids is 1. The highest BCUT2D eigenvalue weighted by Gasteiger charge is 2.09. The Morgan fingerprint density at radius 3 is 2.72 bits per heavy atom. The Bertz CT molecular complexity index is 432. The van der Waals surface area contributed by atoms with Gasteiger partial charge in [-0.05, 0) is 19.4 Å². The predicted octanol–water partition coefficient (Wildman–Crippen LogP) is 1.83. The number of amides is 2. The van der Waals surface area contributed by atoms with E-state index in [0.29, 0.717) is 0 Å². The second-order valence-corrected chi connectivity index (χ2v) is 4.18. The minimum atomic E-state index is -0.929. The Labute approximate surface area is 106 Å². The monoisotopic (exact) mass is 250 g/mol. The molecule has 1 atom stereocenters. The quantitative estimate of drug-likeness (QED) is 0.746. The fourth-order valence-corrected chi connectivity index (χ4v) is 1.55. The fraction of sp³-hybridized carbons (Fsp3) is 0.385. The van der Waals surface area contributed by atoms with Gasteiger partial charge in [-0.1, -0.05) is 29.8 Å². The summed E-state index contributed by atoms with van der Waals surface area (Å²) in [5.74, 6) is -0.929. The van der Waals surface area contributed by atoms with E-state index in [1.165, 1.54) is 0 Å². The van der Waals surface area contributed by atoms with Crippen molar-refractivity contribution in [2.24, 2.45) is 0 Å². The first-order chi connectivity index (χ1) is 8.49. The zero-order valence-corrected chi connectivity index (χ0v) is 10.6. The van der Waals surface area contributed by atoms with E-state index >= 15 is 0 Å². The SMILES string of the molecule is Cc1cccc(C(C)NC(=O)NCCC(=O)O)c1. The zero-order chi connectivity index (χ0) is 13.5. The number of carboxylic acid groups (broad SMARTS) is 1. The van der Waals surface area contributed by atoms with Gasteiger partial charge in [-0.3, -0.25) is 4.79 Å². The molecule has 5 heteroatoms. The van der Waals surface area contributed by atoms with Crippen LogP contribution in [0.2, 0.25) is 0 Å². The molecule has 1 rings (SSSR count). The molecule has 0 aliphatic heterocycles. The minimum absolute atomic E-state index is 0.0771. The topological polar surface area (TPSA) is 78.4 Å². The van der Waals surface area contributed by atoms with Gasteiger partial charge in [0.15, 0.2) is 0 Å². The number of hydrogen-bond donors (Lipinski definition) is 3. The first kappa shape index (κ1) is 14.0. The molecule has 0 spiro atoms. The van der Waals surface area contributed by atoms with Crippen LogP contribution in [-0.4, -0.2) is 23.7 Å². The lowest BCUT2D eigenvalue weighted by atomic mass is 10.1. The average molecular weight is 250 g/mol. The molecule has 0 heterocycles. The second-order valence-electron chi connectivity index (χ2n) is 4.18. The van der Waals surface area contributed by atoms with Crippen LogP contribution in [0.4, 0.5) is 4.79 Å². The van der Waals surface area contributed by atoms with Gasteiger partial charge in [0, 0.05) is 6.54 Å². The van der Waals surface area contributed by atoms with Crippen LogP contribution in [0, 0.1) is 6.92 Å². The maximum absolute atomic E-state index is 11.5.